The van der Waals surface area contributed by atoms with E-state index in [2.05, 4.69) is 9.97 Å². The van der Waals surface area contributed by atoms with Crippen molar-refractivity contribution in [2.45, 2.75) is 23.3 Å². The van der Waals surface area contributed by atoms with Crippen molar-refractivity contribution < 1.29 is 9.90 Å². The predicted octanol–water partition coefficient (Wildman–Crippen LogP) is 2.18. The van der Waals surface area contributed by atoms with Gasteiger partial charge in [0.05, 0.1) is 5.56 Å². The number of hydrogen-bond acceptors (Lipinski definition) is 4. The predicted molar refractivity (Wildman–Crippen MR) is 71.8 cm³/mol. The number of carboxylic acids is 1. The highest BCUT2D eigenvalue weighted by atomic mass is 32.2. The van der Waals surface area contributed by atoms with E-state index in [1.807, 2.05) is 6.92 Å². The molecule has 0 radical (unpaired) electrons. The molecule has 2 rings (SSSR count). The van der Waals surface area contributed by atoms with Gasteiger partial charge in [0.15, 0.2) is 0 Å². The van der Waals surface area contributed by atoms with E-state index in [4.69, 9.17) is 5.11 Å². The Labute approximate surface area is 113 Å². The molecular weight excluding hydrogens is 264 g/mol. The van der Waals surface area contributed by atoms with Crippen molar-refractivity contribution in [1.82, 2.24) is 9.97 Å². The summed E-state index contributed by atoms with van der Waals surface area (Å²) in [7, 11) is 0. The number of carbonyl (C=O) groups is 1. The lowest BCUT2D eigenvalue weighted by molar-refractivity contribution is 0.0693. The molecule has 0 saturated heterocycles. The molecule has 0 fully saturated rings. The molecule has 1 aromatic carbocycles. The highest BCUT2D eigenvalue weighted by Gasteiger charge is 2.11. The zero-order chi connectivity index (χ0) is 13.8. The second-order valence-electron chi connectivity index (χ2n) is 3.79. The van der Waals surface area contributed by atoms with E-state index < -0.39 is 5.97 Å². The van der Waals surface area contributed by atoms with Gasteiger partial charge in [0.1, 0.15) is 10.9 Å². The first-order valence-corrected chi connectivity index (χ1v) is 6.52. The maximum Gasteiger partial charge on any atom is 0.336 e. The van der Waals surface area contributed by atoms with Crippen molar-refractivity contribution in [2.75, 3.05) is 0 Å². The average molecular weight is 276 g/mol. The van der Waals surface area contributed by atoms with Crippen LogP contribution in [0, 0.1) is 0 Å². The molecule has 19 heavy (non-hydrogen) atoms. The summed E-state index contributed by atoms with van der Waals surface area (Å²) < 4.78 is 0. The van der Waals surface area contributed by atoms with Gasteiger partial charge < -0.3 is 10.1 Å². The minimum atomic E-state index is -0.997. The molecule has 0 aliphatic carbocycles. The number of H-pyrrole nitrogens is 1. The number of nitrogens with zero attached hydrogens (tertiary/aromatic N) is 1. The number of benzene rings is 1. The quantitative estimate of drug-likeness (QED) is 0.836. The van der Waals surface area contributed by atoms with Gasteiger partial charge in [-0.3, -0.25) is 4.79 Å². The van der Waals surface area contributed by atoms with E-state index in [0.29, 0.717) is 22.2 Å². The zero-order valence-corrected chi connectivity index (χ0v) is 11.0. The first-order valence-electron chi connectivity index (χ1n) is 5.70. The van der Waals surface area contributed by atoms with Crippen LogP contribution in [0.3, 0.4) is 0 Å². The molecule has 0 amide bonds. The molecule has 0 aliphatic heterocycles. The van der Waals surface area contributed by atoms with Crippen molar-refractivity contribution >= 4 is 17.7 Å². The summed E-state index contributed by atoms with van der Waals surface area (Å²) in [6.45, 7) is 1.89. The average Bonchev–Trinajstić information content (AvgIpc) is 2.38. The summed E-state index contributed by atoms with van der Waals surface area (Å²) in [5.74, 6) is -0.411. The Morgan fingerprint density at radius 2 is 2.16 bits per heavy atom. The van der Waals surface area contributed by atoms with Gasteiger partial charge in [0.25, 0.3) is 5.56 Å². The highest BCUT2D eigenvalue weighted by Crippen LogP contribution is 2.28. The second kappa shape index (κ2) is 5.71. The third-order valence-electron chi connectivity index (χ3n) is 2.43. The molecule has 0 saturated carbocycles. The van der Waals surface area contributed by atoms with Gasteiger partial charge in [0, 0.05) is 17.4 Å². The number of aromatic nitrogens is 2. The first-order chi connectivity index (χ1) is 9.10. The molecule has 1 heterocycles. The number of aromatic carboxylic acids is 1. The number of carboxylic acid groups (broad SMARTS) is 1. The van der Waals surface area contributed by atoms with Crippen molar-refractivity contribution in [2.24, 2.45) is 0 Å². The Hall–Kier alpha value is -2.08. The van der Waals surface area contributed by atoms with Gasteiger partial charge in [-0.25, -0.2) is 9.78 Å². The van der Waals surface area contributed by atoms with Gasteiger partial charge in [-0.05, 0) is 12.1 Å². The van der Waals surface area contributed by atoms with Crippen molar-refractivity contribution in [1.29, 1.82) is 0 Å². The van der Waals surface area contributed by atoms with Crippen LogP contribution < -0.4 is 5.56 Å². The van der Waals surface area contributed by atoms with Crippen LogP contribution >= 0.6 is 11.8 Å². The van der Waals surface area contributed by atoms with Crippen LogP contribution in [0.5, 0.6) is 0 Å². The monoisotopic (exact) mass is 276 g/mol. The van der Waals surface area contributed by atoms with Gasteiger partial charge in [-0.1, -0.05) is 30.8 Å². The fraction of sp³-hybridized carbons (Fsp3) is 0.154. The third kappa shape index (κ3) is 3.23. The summed E-state index contributed by atoms with van der Waals surface area (Å²) >= 11 is 1.17. The van der Waals surface area contributed by atoms with E-state index in [1.165, 1.54) is 23.9 Å². The molecule has 0 atom stereocenters. The number of aromatic amines is 1. The van der Waals surface area contributed by atoms with E-state index in [0.717, 1.165) is 0 Å². The van der Waals surface area contributed by atoms with Crippen LogP contribution in [-0.2, 0) is 6.42 Å². The van der Waals surface area contributed by atoms with E-state index in [9.17, 15) is 9.59 Å². The van der Waals surface area contributed by atoms with Crippen LogP contribution in [0.4, 0.5) is 0 Å². The Morgan fingerprint density at radius 1 is 1.42 bits per heavy atom. The molecule has 6 heteroatoms. The van der Waals surface area contributed by atoms with Crippen LogP contribution in [0.25, 0.3) is 0 Å². The lowest BCUT2D eigenvalue weighted by Crippen LogP contribution is -2.10. The van der Waals surface area contributed by atoms with Crippen LogP contribution in [0.15, 0.2) is 45.0 Å². The number of rotatable bonds is 4. The Morgan fingerprint density at radius 3 is 2.84 bits per heavy atom. The van der Waals surface area contributed by atoms with Gasteiger partial charge in [-0.2, -0.15) is 0 Å². The molecule has 0 unspecified atom stereocenters. The van der Waals surface area contributed by atoms with Crippen molar-refractivity contribution in [3.63, 3.8) is 0 Å². The van der Waals surface area contributed by atoms with E-state index in [1.54, 1.807) is 18.2 Å². The Bertz CT molecular complexity index is 667. The summed E-state index contributed by atoms with van der Waals surface area (Å²) in [6, 6.07) is 8.00. The molecule has 0 bridgehead atoms. The molecule has 98 valence electrons. The largest absolute Gasteiger partial charge is 0.478 e. The standard InChI is InChI=1S/C13H12N2O3S/c1-2-10-14-11(16)7-12(15-10)19-9-6-4-3-5-8(9)13(17)18/h3-7H,2H2,1H3,(H,17,18)(H,14,15,16). The van der Waals surface area contributed by atoms with Crippen LogP contribution in [0.2, 0.25) is 0 Å². The maximum absolute atomic E-state index is 11.5. The lowest BCUT2D eigenvalue weighted by Gasteiger charge is -2.05. The summed E-state index contributed by atoms with van der Waals surface area (Å²) in [4.78, 5) is 30.0. The van der Waals surface area contributed by atoms with Crippen molar-refractivity contribution in [3.8, 4) is 0 Å². The summed E-state index contributed by atoms with van der Waals surface area (Å²) in [5.41, 5.74) is -0.0326. The molecule has 2 aromatic rings. The molecule has 0 aliphatic rings. The SMILES string of the molecule is CCc1nc(Sc2ccccc2C(=O)O)cc(=O)[nH]1. The van der Waals surface area contributed by atoms with Crippen LogP contribution in [-0.4, -0.2) is 21.0 Å². The highest BCUT2D eigenvalue weighted by molar-refractivity contribution is 7.99. The maximum atomic E-state index is 11.5. The number of nitrogens with one attached hydrogen (secondary N) is 1. The normalized spacial score (nSPS) is 10.4. The molecular formula is C13H12N2O3S. The molecule has 5 nitrogen and oxygen atoms in total. The van der Waals surface area contributed by atoms with Gasteiger partial charge in [0.2, 0.25) is 0 Å². The molecule has 0 spiro atoms. The fourth-order valence-corrected chi connectivity index (χ4v) is 2.51. The van der Waals surface area contributed by atoms with Crippen LogP contribution in [0.1, 0.15) is 23.1 Å². The topological polar surface area (TPSA) is 83.0 Å². The first kappa shape index (κ1) is 13.4. The third-order valence-corrected chi connectivity index (χ3v) is 3.43. The summed E-state index contributed by atoms with van der Waals surface area (Å²) in [6.07, 6.45) is 0.615. The molecule has 1 aromatic heterocycles. The fourth-order valence-electron chi connectivity index (χ4n) is 1.55. The lowest BCUT2D eigenvalue weighted by atomic mass is 10.2. The molecule has 2 N–H and O–H groups in total. The van der Waals surface area contributed by atoms with Gasteiger partial charge >= 0.3 is 5.97 Å². The van der Waals surface area contributed by atoms with Crippen molar-refractivity contribution in [3.05, 3.63) is 52.1 Å². The number of hydrogen-bond donors (Lipinski definition) is 2. The Kier molecular flexibility index (Phi) is 4.01. The van der Waals surface area contributed by atoms with E-state index in [-0.39, 0.29) is 11.1 Å². The van der Waals surface area contributed by atoms with E-state index >= 15 is 0 Å². The number of aryl methyl sites for hydroxylation is 1. The minimum Gasteiger partial charge on any atom is -0.478 e. The van der Waals surface area contributed by atoms with Gasteiger partial charge in [-0.15, -0.1) is 0 Å². The summed E-state index contributed by atoms with van der Waals surface area (Å²) in [5, 5.41) is 9.59. The zero-order valence-electron chi connectivity index (χ0n) is 10.2. The second-order valence-corrected chi connectivity index (χ2v) is 4.85. The smallest absolute Gasteiger partial charge is 0.336 e. The minimum absolute atomic E-state index is 0.202. The Balaban J connectivity index is 2.39.